The quantitative estimate of drug-likeness (QED) is 0.605. The summed E-state index contributed by atoms with van der Waals surface area (Å²) in [5.74, 6) is -0.437. The van der Waals surface area contributed by atoms with E-state index in [0.29, 0.717) is 12.2 Å². The highest BCUT2D eigenvalue weighted by Crippen LogP contribution is 2.22. The van der Waals surface area contributed by atoms with E-state index in [0.717, 1.165) is 16.5 Å². The number of halogens is 1. The number of nitrogens with zero attached hydrogens (tertiary/aromatic N) is 1. The number of ether oxygens (including phenoxy) is 1. The van der Waals surface area contributed by atoms with Crippen molar-refractivity contribution in [3.63, 3.8) is 0 Å². The second kappa shape index (κ2) is 4.72. The Labute approximate surface area is 104 Å². The molecule has 0 aliphatic rings. The summed E-state index contributed by atoms with van der Waals surface area (Å²) in [5.41, 5.74) is 2.19. The van der Waals surface area contributed by atoms with Crippen LogP contribution in [0.3, 0.4) is 0 Å². The van der Waals surface area contributed by atoms with Crippen LogP contribution in [-0.4, -0.2) is 17.6 Å². The average molecular weight is 250 g/mol. The van der Waals surface area contributed by atoms with Crippen molar-refractivity contribution < 1.29 is 9.53 Å². The molecule has 0 bridgehead atoms. The van der Waals surface area contributed by atoms with Crippen molar-refractivity contribution >= 4 is 28.5 Å². The molecule has 0 aliphatic heterocycles. The average Bonchev–Trinajstić information content (AvgIpc) is 2.29. The van der Waals surface area contributed by atoms with Crippen LogP contribution in [0.5, 0.6) is 0 Å². The Morgan fingerprint density at radius 2 is 2.18 bits per heavy atom. The van der Waals surface area contributed by atoms with Gasteiger partial charge in [0.25, 0.3) is 0 Å². The number of carbonyl (C=O) groups is 1. The van der Waals surface area contributed by atoms with Crippen LogP contribution in [-0.2, 0) is 4.74 Å². The third-order valence-corrected chi connectivity index (χ3v) is 2.71. The largest absolute Gasteiger partial charge is 0.462 e. The first-order valence-electron chi connectivity index (χ1n) is 5.36. The molecule has 3 nitrogen and oxygen atoms in total. The molecule has 0 aliphatic carbocycles. The van der Waals surface area contributed by atoms with Crippen LogP contribution in [0.25, 0.3) is 10.9 Å². The van der Waals surface area contributed by atoms with Gasteiger partial charge in [0.05, 0.1) is 17.7 Å². The van der Waals surface area contributed by atoms with Gasteiger partial charge < -0.3 is 4.74 Å². The van der Waals surface area contributed by atoms with E-state index in [9.17, 15) is 4.79 Å². The maximum atomic E-state index is 11.6. The molecule has 0 saturated carbocycles. The predicted octanol–water partition coefficient (Wildman–Crippen LogP) is 3.37. The summed E-state index contributed by atoms with van der Waals surface area (Å²) in [4.78, 5) is 15.8. The first-order chi connectivity index (χ1) is 8.11. The monoisotopic (exact) mass is 249 g/mol. The maximum absolute atomic E-state index is 11.6. The number of aromatic nitrogens is 1. The van der Waals surface area contributed by atoms with Crippen molar-refractivity contribution in [2.45, 2.75) is 13.8 Å². The van der Waals surface area contributed by atoms with Gasteiger partial charge in [-0.3, -0.25) is 0 Å². The highest BCUT2D eigenvalue weighted by atomic mass is 35.5. The fourth-order valence-corrected chi connectivity index (χ4v) is 1.85. The Bertz CT molecular complexity index is 581. The molecule has 0 unspecified atom stereocenters. The molecule has 0 saturated heterocycles. The number of aryl methyl sites for hydroxylation is 1. The van der Waals surface area contributed by atoms with E-state index in [4.69, 9.17) is 16.3 Å². The van der Waals surface area contributed by atoms with E-state index >= 15 is 0 Å². The van der Waals surface area contributed by atoms with Gasteiger partial charge in [-0.2, -0.15) is 0 Å². The normalized spacial score (nSPS) is 10.5. The van der Waals surface area contributed by atoms with Crippen LogP contribution in [0.1, 0.15) is 22.8 Å². The molecular weight excluding hydrogens is 238 g/mol. The summed E-state index contributed by atoms with van der Waals surface area (Å²) >= 11 is 5.96. The molecule has 2 aromatic rings. The molecule has 0 amide bonds. The second-order valence-corrected chi connectivity index (χ2v) is 4.10. The lowest BCUT2D eigenvalue weighted by atomic mass is 10.1. The zero-order valence-electron chi connectivity index (χ0n) is 9.66. The van der Waals surface area contributed by atoms with Crippen molar-refractivity contribution in [2.24, 2.45) is 0 Å². The number of esters is 1. The Morgan fingerprint density at radius 1 is 1.41 bits per heavy atom. The SMILES string of the molecule is CCOC(=O)c1cc2cc(C)ccc2nc1Cl. The number of carbonyl (C=O) groups excluding carboxylic acids is 1. The fourth-order valence-electron chi connectivity index (χ4n) is 1.62. The molecule has 1 aromatic heterocycles. The van der Waals surface area contributed by atoms with Crippen molar-refractivity contribution in [1.29, 1.82) is 0 Å². The first-order valence-corrected chi connectivity index (χ1v) is 5.73. The Kier molecular flexibility index (Phi) is 3.29. The van der Waals surface area contributed by atoms with Gasteiger partial charge in [-0.05, 0) is 32.0 Å². The van der Waals surface area contributed by atoms with Gasteiger partial charge in [0.15, 0.2) is 0 Å². The molecule has 0 N–H and O–H groups in total. The Morgan fingerprint density at radius 3 is 2.88 bits per heavy atom. The molecule has 1 aromatic carbocycles. The number of hydrogen-bond acceptors (Lipinski definition) is 3. The van der Waals surface area contributed by atoms with Gasteiger partial charge in [0.2, 0.25) is 0 Å². The summed E-state index contributed by atoms with van der Waals surface area (Å²) in [6.45, 7) is 4.06. The van der Waals surface area contributed by atoms with Crippen molar-refractivity contribution in [3.05, 3.63) is 40.5 Å². The summed E-state index contributed by atoms with van der Waals surface area (Å²) < 4.78 is 4.92. The smallest absolute Gasteiger partial charge is 0.341 e. The first kappa shape index (κ1) is 11.9. The van der Waals surface area contributed by atoms with E-state index in [2.05, 4.69) is 4.98 Å². The maximum Gasteiger partial charge on any atom is 0.341 e. The number of hydrogen-bond donors (Lipinski definition) is 0. The summed E-state index contributed by atoms with van der Waals surface area (Å²) in [6, 6.07) is 7.51. The van der Waals surface area contributed by atoms with Crippen molar-refractivity contribution in [3.8, 4) is 0 Å². The molecule has 0 spiro atoms. The molecular formula is C13H12ClNO2. The van der Waals surface area contributed by atoms with Gasteiger partial charge >= 0.3 is 5.97 Å². The minimum atomic E-state index is -0.437. The van der Waals surface area contributed by atoms with Crippen LogP contribution in [0.4, 0.5) is 0 Å². The Hall–Kier alpha value is -1.61. The molecule has 88 valence electrons. The van der Waals surface area contributed by atoms with Gasteiger partial charge in [-0.1, -0.05) is 23.2 Å². The van der Waals surface area contributed by atoms with E-state index in [1.54, 1.807) is 13.0 Å². The summed E-state index contributed by atoms with van der Waals surface area (Å²) in [5, 5.41) is 1.07. The van der Waals surface area contributed by atoms with Crippen molar-refractivity contribution in [2.75, 3.05) is 6.61 Å². The predicted molar refractivity (Wildman–Crippen MR) is 67.4 cm³/mol. The van der Waals surface area contributed by atoms with Gasteiger partial charge in [0, 0.05) is 5.39 Å². The van der Waals surface area contributed by atoms with E-state index in [-0.39, 0.29) is 5.15 Å². The molecule has 1 heterocycles. The number of pyridine rings is 1. The molecule has 0 fully saturated rings. The van der Waals surface area contributed by atoms with Crippen LogP contribution in [0.2, 0.25) is 5.15 Å². The standard InChI is InChI=1S/C13H12ClNO2/c1-3-17-13(16)10-7-9-6-8(2)4-5-11(9)15-12(10)14/h4-7H,3H2,1-2H3. The number of rotatable bonds is 2. The van der Waals surface area contributed by atoms with Gasteiger partial charge in [-0.25, -0.2) is 9.78 Å². The van der Waals surface area contributed by atoms with Crippen LogP contribution in [0.15, 0.2) is 24.3 Å². The molecule has 0 atom stereocenters. The summed E-state index contributed by atoms with van der Waals surface area (Å²) in [7, 11) is 0. The fraction of sp³-hybridized carbons (Fsp3) is 0.231. The van der Waals surface area contributed by atoms with E-state index in [1.807, 2.05) is 25.1 Å². The minimum Gasteiger partial charge on any atom is -0.462 e. The van der Waals surface area contributed by atoms with Crippen LogP contribution in [0, 0.1) is 6.92 Å². The number of fused-ring (bicyclic) bond motifs is 1. The highest BCUT2D eigenvalue weighted by molar-refractivity contribution is 6.32. The molecule has 17 heavy (non-hydrogen) atoms. The third kappa shape index (κ3) is 2.39. The number of benzene rings is 1. The zero-order valence-corrected chi connectivity index (χ0v) is 10.4. The molecule has 0 radical (unpaired) electrons. The van der Waals surface area contributed by atoms with Crippen LogP contribution < -0.4 is 0 Å². The third-order valence-electron chi connectivity index (χ3n) is 2.42. The lowest BCUT2D eigenvalue weighted by Crippen LogP contribution is -2.06. The lowest BCUT2D eigenvalue weighted by molar-refractivity contribution is 0.0526. The molecule has 4 heteroatoms. The second-order valence-electron chi connectivity index (χ2n) is 3.74. The minimum absolute atomic E-state index is 0.180. The summed E-state index contributed by atoms with van der Waals surface area (Å²) in [6.07, 6.45) is 0. The highest BCUT2D eigenvalue weighted by Gasteiger charge is 2.13. The molecule has 2 rings (SSSR count). The van der Waals surface area contributed by atoms with Crippen LogP contribution >= 0.6 is 11.6 Å². The van der Waals surface area contributed by atoms with Crippen molar-refractivity contribution in [1.82, 2.24) is 4.98 Å². The van der Waals surface area contributed by atoms with Gasteiger partial charge in [-0.15, -0.1) is 0 Å². The van der Waals surface area contributed by atoms with E-state index < -0.39 is 5.97 Å². The lowest BCUT2D eigenvalue weighted by Gasteiger charge is -2.06. The topological polar surface area (TPSA) is 39.2 Å². The zero-order chi connectivity index (χ0) is 12.4. The Balaban J connectivity index is 2.57. The van der Waals surface area contributed by atoms with Gasteiger partial charge in [0.1, 0.15) is 5.15 Å². The van der Waals surface area contributed by atoms with E-state index in [1.165, 1.54) is 0 Å².